The van der Waals surface area contributed by atoms with Gasteiger partial charge >= 0.3 is 0 Å². The quantitative estimate of drug-likeness (QED) is 0.767. The molecule has 18 heavy (non-hydrogen) atoms. The molecule has 2 unspecified atom stereocenters. The van der Waals surface area contributed by atoms with Gasteiger partial charge in [0.1, 0.15) is 0 Å². The summed E-state index contributed by atoms with van der Waals surface area (Å²) in [5.41, 5.74) is 0. The van der Waals surface area contributed by atoms with Crippen molar-refractivity contribution in [1.82, 2.24) is 15.5 Å². The van der Waals surface area contributed by atoms with Crippen molar-refractivity contribution in [3.8, 4) is 0 Å². The number of hydrogen-bond donors (Lipinski definition) is 2. The van der Waals surface area contributed by atoms with E-state index in [9.17, 15) is 4.79 Å². The summed E-state index contributed by atoms with van der Waals surface area (Å²) < 4.78 is 0. The molecule has 0 aliphatic carbocycles. The van der Waals surface area contributed by atoms with E-state index in [0.717, 1.165) is 18.6 Å². The maximum atomic E-state index is 11.6. The Morgan fingerprint density at radius 2 is 1.89 bits per heavy atom. The molecule has 0 radical (unpaired) electrons. The van der Waals surface area contributed by atoms with Gasteiger partial charge in [-0.3, -0.25) is 4.79 Å². The van der Waals surface area contributed by atoms with Crippen molar-refractivity contribution in [2.45, 2.75) is 57.7 Å². The van der Waals surface area contributed by atoms with Gasteiger partial charge in [0.25, 0.3) is 0 Å². The van der Waals surface area contributed by atoms with Gasteiger partial charge in [0.2, 0.25) is 5.91 Å². The van der Waals surface area contributed by atoms with Crippen LogP contribution in [0.3, 0.4) is 0 Å². The fraction of sp³-hybridized carbons (Fsp3) is 0.929. The number of carbonyl (C=O) groups excluding carboxylic acids is 1. The number of fused-ring (bicyclic) bond motifs is 2. The van der Waals surface area contributed by atoms with Crippen molar-refractivity contribution in [3.63, 3.8) is 0 Å². The molecule has 2 aliphatic heterocycles. The lowest BCUT2D eigenvalue weighted by molar-refractivity contribution is -0.120. The molecule has 104 valence electrons. The largest absolute Gasteiger partial charge is 0.355 e. The second kappa shape index (κ2) is 6.02. The predicted molar refractivity (Wildman–Crippen MR) is 73.4 cm³/mol. The number of carbonyl (C=O) groups is 1. The number of amides is 1. The van der Waals surface area contributed by atoms with Gasteiger partial charge in [-0.1, -0.05) is 13.8 Å². The highest BCUT2D eigenvalue weighted by Gasteiger charge is 2.38. The fourth-order valence-electron chi connectivity index (χ4n) is 3.31. The Labute approximate surface area is 110 Å². The van der Waals surface area contributed by atoms with Crippen LogP contribution in [-0.2, 0) is 4.79 Å². The van der Waals surface area contributed by atoms with Crippen molar-refractivity contribution in [2.24, 2.45) is 5.92 Å². The van der Waals surface area contributed by atoms with Gasteiger partial charge in [-0.05, 0) is 38.6 Å². The van der Waals surface area contributed by atoms with Crippen molar-refractivity contribution in [2.75, 3.05) is 20.1 Å². The van der Waals surface area contributed by atoms with Crippen LogP contribution in [0.4, 0.5) is 0 Å². The van der Waals surface area contributed by atoms with Crippen LogP contribution in [-0.4, -0.2) is 49.1 Å². The number of piperidine rings is 1. The van der Waals surface area contributed by atoms with Gasteiger partial charge < -0.3 is 15.5 Å². The minimum atomic E-state index is 0.134. The third kappa shape index (κ3) is 3.45. The maximum Gasteiger partial charge on any atom is 0.233 e. The topological polar surface area (TPSA) is 44.4 Å². The van der Waals surface area contributed by atoms with Crippen LogP contribution >= 0.6 is 0 Å². The zero-order valence-corrected chi connectivity index (χ0v) is 11.9. The summed E-state index contributed by atoms with van der Waals surface area (Å²) in [7, 11) is 2.25. The van der Waals surface area contributed by atoms with Gasteiger partial charge in [-0.2, -0.15) is 0 Å². The molecular weight excluding hydrogens is 226 g/mol. The molecule has 2 atom stereocenters. The van der Waals surface area contributed by atoms with Crippen molar-refractivity contribution < 1.29 is 4.79 Å². The van der Waals surface area contributed by atoms with E-state index < -0.39 is 0 Å². The first kappa shape index (κ1) is 13.8. The van der Waals surface area contributed by atoms with Gasteiger partial charge in [0.05, 0.1) is 6.54 Å². The first-order chi connectivity index (χ1) is 8.56. The van der Waals surface area contributed by atoms with E-state index in [4.69, 9.17) is 0 Å². The van der Waals surface area contributed by atoms with Crippen molar-refractivity contribution >= 4 is 5.91 Å². The average Bonchev–Trinajstić information content (AvgIpc) is 2.55. The standard InChI is InChI=1S/C14H27N3O/c1-10(2)15-9-14(18)16-8-11-6-12-4-5-13(7-11)17(12)3/h10-13,15H,4-9H2,1-3H3,(H,16,18). The first-order valence-electron chi connectivity index (χ1n) is 7.28. The zero-order valence-electron chi connectivity index (χ0n) is 11.9. The Hall–Kier alpha value is -0.610. The van der Waals surface area contributed by atoms with Gasteiger partial charge in [-0.25, -0.2) is 0 Å². The molecule has 2 heterocycles. The molecule has 4 heteroatoms. The molecule has 2 aliphatic rings. The minimum absolute atomic E-state index is 0.134. The molecule has 0 aromatic carbocycles. The zero-order chi connectivity index (χ0) is 13.1. The van der Waals surface area contributed by atoms with E-state index in [-0.39, 0.29) is 5.91 Å². The molecule has 0 aromatic heterocycles. The molecule has 2 rings (SSSR count). The normalized spacial score (nSPS) is 31.9. The van der Waals surface area contributed by atoms with E-state index in [2.05, 4.69) is 36.4 Å². The Balaban J connectivity index is 1.67. The van der Waals surface area contributed by atoms with E-state index in [1.165, 1.54) is 25.7 Å². The van der Waals surface area contributed by atoms with Gasteiger partial charge in [0, 0.05) is 24.7 Å². The van der Waals surface area contributed by atoms with E-state index in [1.54, 1.807) is 0 Å². The van der Waals surface area contributed by atoms with Crippen LogP contribution in [0.5, 0.6) is 0 Å². The van der Waals surface area contributed by atoms with Crippen LogP contribution in [0, 0.1) is 5.92 Å². The highest BCUT2D eigenvalue weighted by molar-refractivity contribution is 5.77. The average molecular weight is 253 g/mol. The summed E-state index contributed by atoms with van der Waals surface area (Å²) in [5, 5.41) is 6.22. The lowest BCUT2D eigenvalue weighted by Crippen LogP contribution is -2.44. The highest BCUT2D eigenvalue weighted by atomic mass is 16.1. The van der Waals surface area contributed by atoms with Crippen molar-refractivity contribution in [1.29, 1.82) is 0 Å². The maximum absolute atomic E-state index is 11.6. The number of hydrogen-bond acceptors (Lipinski definition) is 3. The van der Waals surface area contributed by atoms with Gasteiger partial charge in [-0.15, -0.1) is 0 Å². The van der Waals surface area contributed by atoms with Gasteiger partial charge in [0.15, 0.2) is 0 Å². The molecule has 4 nitrogen and oxygen atoms in total. The molecule has 0 saturated carbocycles. The highest BCUT2D eigenvalue weighted by Crippen LogP contribution is 2.36. The number of nitrogens with zero attached hydrogens (tertiary/aromatic N) is 1. The monoisotopic (exact) mass is 253 g/mol. The predicted octanol–water partition coefficient (Wildman–Crippen LogP) is 0.973. The van der Waals surface area contributed by atoms with E-state index in [0.29, 0.717) is 18.5 Å². The Kier molecular flexibility index (Phi) is 4.62. The third-order valence-electron chi connectivity index (χ3n) is 4.45. The summed E-state index contributed by atoms with van der Waals surface area (Å²) >= 11 is 0. The molecule has 0 spiro atoms. The second-order valence-corrected chi connectivity index (χ2v) is 6.23. The lowest BCUT2D eigenvalue weighted by atomic mass is 9.91. The Morgan fingerprint density at radius 1 is 1.28 bits per heavy atom. The van der Waals surface area contributed by atoms with Crippen molar-refractivity contribution in [3.05, 3.63) is 0 Å². The summed E-state index contributed by atoms with van der Waals surface area (Å²) in [6.45, 7) is 5.42. The van der Waals surface area contributed by atoms with Crippen LogP contribution in [0.2, 0.25) is 0 Å². The summed E-state index contributed by atoms with van der Waals surface area (Å²) in [5.74, 6) is 0.816. The van der Waals surface area contributed by atoms with Crippen LogP contribution < -0.4 is 10.6 Å². The fourth-order valence-corrected chi connectivity index (χ4v) is 3.31. The summed E-state index contributed by atoms with van der Waals surface area (Å²) in [6.07, 6.45) is 5.21. The van der Waals surface area contributed by atoms with Crippen LogP contribution in [0.15, 0.2) is 0 Å². The minimum Gasteiger partial charge on any atom is -0.355 e. The molecule has 0 aromatic rings. The third-order valence-corrected chi connectivity index (χ3v) is 4.45. The SMILES string of the molecule is CC(C)NCC(=O)NCC1CC2CCC(C1)N2C. The van der Waals surface area contributed by atoms with Crippen LogP contribution in [0.1, 0.15) is 39.5 Å². The lowest BCUT2D eigenvalue weighted by Gasteiger charge is -2.36. The Morgan fingerprint density at radius 3 is 2.44 bits per heavy atom. The van der Waals surface area contributed by atoms with E-state index >= 15 is 0 Å². The van der Waals surface area contributed by atoms with Crippen LogP contribution in [0.25, 0.3) is 0 Å². The smallest absolute Gasteiger partial charge is 0.233 e. The molecule has 2 bridgehead atoms. The molecule has 2 N–H and O–H groups in total. The second-order valence-electron chi connectivity index (χ2n) is 6.23. The summed E-state index contributed by atoms with van der Waals surface area (Å²) in [4.78, 5) is 14.2. The number of rotatable bonds is 5. The summed E-state index contributed by atoms with van der Waals surface area (Å²) in [6, 6.07) is 1.90. The molecule has 2 fully saturated rings. The Bertz CT molecular complexity index is 279. The first-order valence-corrected chi connectivity index (χ1v) is 7.28. The molecule has 2 saturated heterocycles. The molecular formula is C14H27N3O. The number of nitrogens with one attached hydrogen (secondary N) is 2. The van der Waals surface area contributed by atoms with E-state index in [1.807, 2.05) is 0 Å². The molecule has 1 amide bonds.